The summed E-state index contributed by atoms with van der Waals surface area (Å²) >= 11 is 0. The van der Waals surface area contributed by atoms with Crippen LogP contribution in [-0.2, 0) is 28.5 Å². The van der Waals surface area contributed by atoms with Crippen LogP contribution in [0.3, 0.4) is 0 Å². The highest BCUT2D eigenvalue weighted by Gasteiger charge is 2.87. The Balaban J connectivity index is 1.06. The summed E-state index contributed by atoms with van der Waals surface area (Å²) in [6, 6.07) is 0. The first-order chi connectivity index (χ1) is 21.8. The summed E-state index contributed by atoms with van der Waals surface area (Å²) in [5.41, 5.74) is -1.00. The number of fused-ring (bicyclic) bond motifs is 4. The number of aliphatic hydroxyl groups is 4. The second-order valence-electron chi connectivity index (χ2n) is 18.8. The second-order valence-corrected chi connectivity index (χ2v) is 18.8. The number of hydrogen-bond donors (Lipinski definition) is 4. The Hall–Kier alpha value is -0.850. The van der Waals surface area contributed by atoms with Crippen molar-refractivity contribution in [1.29, 1.82) is 0 Å². The van der Waals surface area contributed by atoms with Crippen molar-refractivity contribution in [2.45, 2.75) is 167 Å². The average Bonchev–Trinajstić information content (AvgIpc) is 3.84. The molecular formula is C37H58O10. The zero-order valence-corrected chi connectivity index (χ0v) is 29.5. The van der Waals surface area contributed by atoms with E-state index in [0.717, 1.165) is 51.4 Å². The summed E-state index contributed by atoms with van der Waals surface area (Å²) < 4.78 is 30.5. The van der Waals surface area contributed by atoms with Crippen molar-refractivity contribution in [3.8, 4) is 0 Å². The molecule has 17 atom stereocenters. The predicted octanol–water partition coefficient (Wildman–Crippen LogP) is 3.69. The van der Waals surface area contributed by atoms with Gasteiger partial charge in [0, 0.05) is 18.3 Å². The van der Waals surface area contributed by atoms with Gasteiger partial charge in [-0.2, -0.15) is 0 Å². The third-order valence-corrected chi connectivity index (χ3v) is 16.2. The molecule has 0 aromatic rings. The van der Waals surface area contributed by atoms with Gasteiger partial charge in [-0.25, -0.2) is 0 Å². The summed E-state index contributed by atoms with van der Waals surface area (Å²) in [5.74, 6) is -1.44. The number of ether oxygens (including phenoxy) is 5. The topological polar surface area (TPSA) is 147 Å². The molecule has 0 unspecified atom stereocenters. The molecule has 8 aliphatic rings. The molecule has 0 aromatic heterocycles. The van der Waals surface area contributed by atoms with Crippen LogP contribution >= 0.6 is 0 Å². The number of carbonyl (C=O) groups is 1. The lowest BCUT2D eigenvalue weighted by molar-refractivity contribution is -0.327. The molecule has 266 valence electrons. The van der Waals surface area contributed by atoms with Crippen LogP contribution in [0.15, 0.2) is 0 Å². The van der Waals surface area contributed by atoms with Gasteiger partial charge >= 0.3 is 5.97 Å². The van der Waals surface area contributed by atoms with Gasteiger partial charge in [0.05, 0.1) is 24.4 Å². The van der Waals surface area contributed by atoms with Gasteiger partial charge in [0.1, 0.15) is 24.4 Å². The van der Waals surface area contributed by atoms with Crippen LogP contribution in [0.2, 0.25) is 0 Å². The molecule has 47 heavy (non-hydrogen) atoms. The van der Waals surface area contributed by atoms with Crippen LogP contribution in [0.5, 0.6) is 0 Å². The van der Waals surface area contributed by atoms with Crippen LogP contribution in [0.4, 0.5) is 0 Å². The molecular weight excluding hydrogens is 604 g/mol. The lowest BCUT2D eigenvalue weighted by Gasteiger charge is -2.63. The number of esters is 1. The molecule has 8 fully saturated rings. The van der Waals surface area contributed by atoms with E-state index >= 15 is 0 Å². The minimum Gasteiger partial charge on any atom is -0.454 e. The highest BCUT2D eigenvalue weighted by atomic mass is 16.7. The molecule has 2 spiro atoms. The maximum atomic E-state index is 12.5. The van der Waals surface area contributed by atoms with E-state index < -0.39 is 47.9 Å². The largest absolute Gasteiger partial charge is 0.454 e. The molecule has 3 aliphatic heterocycles. The van der Waals surface area contributed by atoms with Gasteiger partial charge in [0.2, 0.25) is 0 Å². The Morgan fingerprint density at radius 3 is 2.21 bits per heavy atom. The fourth-order valence-corrected chi connectivity index (χ4v) is 14.1. The van der Waals surface area contributed by atoms with Crippen molar-refractivity contribution in [3.63, 3.8) is 0 Å². The Morgan fingerprint density at radius 2 is 1.55 bits per heavy atom. The first-order valence-electron chi connectivity index (χ1n) is 18.4. The van der Waals surface area contributed by atoms with Crippen molar-refractivity contribution in [3.05, 3.63) is 0 Å². The standard InChI is InChI=1S/C37H58O10/c1-18-15-21(28-32(5,6)47-28)46-37(42)27(18)33(7)13-14-36-17-35(36)12-11-24(45-29-26(44-19(2)38)25(40)20(39)16-43-29)31(3,4)22(35)9-10-23(36)34(33,8)30(37)41/h18,20-30,39-42H,9-17H2,1-8H3/t18-,20+,21-,22+,23+,24+,25+,26-,27-,28+,29+,30-,33-,34-,35-,36+,37-/m1/s1. The Kier molecular flexibility index (Phi) is 7.03. The SMILES string of the molecule is CC(=O)O[C@H]1[C@H](O[C@H]2CC[C@]34C[C@]35CC[C@]3(C)[C@H]6[C@H](C)C[C@H]([C@@H]7OC7(C)C)O[C@@]6(O)[C@H](O)[C@@]3(C)[C@@H]5CC[C@H]4C2(C)C)OC[C@H](O)[C@@H]1O. The fraction of sp³-hybridized carbons (Fsp3) is 0.973. The minimum atomic E-state index is -1.60. The number of hydrogen-bond acceptors (Lipinski definition) is 10. The molecule has 0 amide bonds. The summed E-state index contributed by atoms with van der Waals surface area (Å²) in [6.45, 7) is 16.8. The quantitative estimate of drug-likeness (QED) is 0.200. The van der Waals surface area contributed by atoms with Crippen molar-refractivity contribution in [1.82, 2.24) is 0 Å². The number of carbonyl (C=O) groups excluding carboxylic acids is 1. The van der Waals surface area contributed by atoms with Crippen LogP contribution in [0.25, 0.3) is 0 Å². The van der Waals surface area contributed by atoms with E-state index in [0.29, 0.717) is 5.92 Å². The normalized spacial score (nSPS) is 59.8. The van der Waals surface area contributed by atoms with Gasteiger partial charge in [-0.1, -0.05) is 34.6 Å². The maximum Gasteiger partial charge on any atom is 0.303 e. The molecule has 10 heteroatoms. The second kappa shape index (κ2) is 9.93. The van der Waals surface area contributed by atoms with E-state index in [9.17, 15) is 25.2 Å². The third-order valence-electron chi connectivity index (χ3n) is 16.2. The summed E-state index contributed by atoms with van der Waals surface area (Å²) in [4.78, 5) is 11.9. The predicted molar refractivity (Wildman–Crippen MR) is 168 cm³/mol. The average molecular weight is 663 g/mol. The van der Waals surface area contributed by atoms with E-state index in [1.165, 1.54) is 6.92 Å². The number of rotatable bonds is 4. The monoisotopic (exact) mass is 662 g/mol. The third kappa shape index (κ3) is 4.05. The Bertz CT molecular complexity index is 1320. The highest BCUT2D eigenvalue weighted by Crippen LogP contribution is 2.90. The summed E-state index contributed by atoms with van der Waals surface area (Å²) in [5, 5.41) is 45.8. The van der Waals surface area contributed by atoms with E-state index in [1.807, 2.05) is 0 Å². The van der Waals surface area contributed by atoms with E-state index in [2.05, 4.69) is 48.5 Å². The molecule has 5 saturated carbocycles. The smallest absolute Gasteiger partial charge is 0.303 e. The van der Waals surface area contributed by atoms with Crippen LogP contribution < -0.4 is 0 Å². The molecule has 4 N–H and O–H groups in total. The van der Waals surface area contributed by atoms with Crippen molar-refractivity contribution in [2.24, 2.45) is 50.7 Å². The molecule has 3 saturated heterocycles. The lowest BCUT2D eigenvalue weighted by atomic mass is 9.41. The van der Waals surface area contributed by atoms with Gasteiger partial charge in [-0.15, -0.1) is 0 Å². The molecule has 0 radical (unpaired) electrons. The van der Waals surface area contributed by atoms with Crippen LogP contribution in [0.1, 0.15) is 107 Å². The number of epoxide rings is 1. The summed E-state index contributed by atoms with van der Waals surface area (Å²) in [7, 11) is 0. The molecule has 10 nitrogen and oxygen atoms in total. The minimum absolute atomic E-state index is 0.0601. The van der Waals surface area contributed by atoms with Gasteiger partial charge in [-0.3, -0.25) is 4.79 Å². The number of aliphatic hydroxyl groups excluding tert-OH is 3. The maximum absolute atomic E-state index is 12.5. The molecule has 8 rings (SSSR count). The van der Waals surface area contributed by atoms with E-state index in [-0.39, 0.29) is 69.9 Å². The van der Waals surface area contributed by atoms with E-state index in [1.54, 1.807) is 0 Å². The lowest BCUT2D eigenvalue weighted by Crippen LogP contribution is -2.61. The van der Waals surface area contributed by atoms with E-state index in [4.69, 9.17) is 23.7 Å². The van der Waals surface area contributed by atoms with Crippen molar-refractivity contribution in [2.75, 3.05) is 6.61 Å². The van der Waals surface area contributed by atoms with Gasteiger partial charge in [-0.05, 0) is 105 Å². The molecule has 0 bridgehead atoms. The molecule has 3 heterocycles. The van der Waals surface area contributed by atoms with Crippen molar-refractivity contribution < 1.29 is 48.9 Å². The summed E-state index contributed by atoms with van der Waals surface area (Å²) in [6.07, 6.45) is 1.89. The first-order valence-corrected chi connectivity index (χ1v) is 18.4. The van der Waals surface area contributed by atoms with Crippen molar-refractivity contribution >= 4 is 5.97 Å². The first kappa shape index (κ1) is 33.3. The van der Waals surface area contributed by atoms with Gasteiger partial charge < -0.3 is 44.1 Å². The molecule has 5 aliphatic carbocycles. The Morgan fingerprint density at radius 1 is 0.894 bits per heavy atom. The van der Waals surface area contributed by atoms with Crippen LogP contribution in [-0.4, -0.2) is 93.4 Å². The fourth-order valence-electron chi connectivity index (χ4n) is 14.1. The van der Waals surface area contributed by atoms with Crippen LogP contribution in [0, 0.1) is 50.7 Å². The molecule has 0 aromatic carbocycles. The Labute approximate surface area is 279 Å². The zero-order valence-electron chi connectivity index (χ0n) is 29.5. The zero-order chi connectivity index (χ0) is 33.9. The van der Waals surface area contributed by atoms with Gasteiger partial charge in [0.25, 0.3) is 0 Å². The highest BCUT2D eigenvalue weighted by molar-refractivity contribution is 5.66. The van der Waals surface area contributed by atoms with Gasteiger partial charge in [0.15, 0.2) is 18.2 Å².